The Morgan fingerprint density at radius 3 is 3.25 bits per heavy atom. The molecule has 0 atom stereocenters. The van der Waals surface area contributed by atoms with Crippen molar-refractivity contribution >= 4 is 38.7 Å². The molecule has 0 aromatic carbocycles. The van der Waals surface area contributed by atoms with Crippen LogP contribution < -0.4 is 0 Å². The number of fused-ring (bicyclic) bond motifs is 1. The summed E-state index contributed by atoms with van der Waals surface area (Å²) in [4.78, 5) is 7.92. The molecule has 0 aliphatic rings. The first-order valence-electron chi connectivity index (χ1n) is 2.28. The van der Waals surface area contributed by atoms with E-state index in [9.17, 15) is 0 Å². The third-order valence-corrected chi connectivity index (χ3v) is 5.09. The zero-order chi connectivity index (χ0) is 5.40. The van der Waals surface area contributed by atoms with Crippen LogP contribution in [-0.4, -0.2) is 29.0 Å². The quantitative estimate of drug-likeness (QED) is 0.589. The molecule has 2 aromatic heterocycles. The van der Waals surface area contributed by atoms with E-state index in [4.69, 9.17) is 0 Å². The fraction of sp³-hybridized carbons (Fsp3) is 0. The van der Waals surface area contributed by atoms with E-state index in [0.29, 0.717) is 29.0 Å². The average molecular weight is 233 g/mol. The van der Waals surface area contributed by atoms with E-state index < -0.39 is 0 Å². The molecule has 0 fully saturated rings. The molecule has 2 heteroatoms. The van der Waals surface area contributed by atoms with Crippen LogP contribution in [0.3, 0.4) is 0 Å². The Morgan fingerprint density at radius 1 is 1.38 bits per heavy atom. The first-order chi connectivity index (χ1) is 3.97. The standard InChI is InChI=1S/C6H3Se2/c1-2-8-6-4-7-3-5(1)6/h1,3-4H. The van der Waals surface area contributed by atoms with E-state index in [2.05, 4.69) is 20.9 Å². The van der Waals surface area contributed by atoms with Crippen molar-refractivity contribution in [1.82, 2.24) is 0 Å². The second-order valence-electron chi connectivity index (χ2n) is 1.56. The summed E-state index contributed by atoms with van der Waals surface area (Å²) < 4.78 is 1.57. The Balaban J connectivity index is 3.06. The predicted molar refractivity (Wildman–Crippen MR) is 36.7 cm³/mol. The molecule has 0 spiro atoms. The predicted octanol–water partition coefficient (Wildman–Crippen LogP) is 0.754. The van der Waals surface area contributed by atoms with Crippen LogP contribution in [0.2, 0.25) is 0 Å². The Hall–Kier alpha value is 0.259. The summed E-state index contributed by atoms with van der Waals surface area (Å²) in [5, 5.41) is 1.46. The van der Waals surface area contributed by atoms with Crippen LogP contribution in [0, 0.1) is 4.94 Å². The summed E-state index contributed by atoms with van der Waals surface area (Å²) >= 11 is 1.26. The number of rotatable bonds is 0. The normalized spacial score (nSPS) is 10.5. The molecule has 0 nitrogen and oxygen atoms in total. The van der Waals surface area contributed by atoms with Gasteiger partial charge in [0.15, 0.2) is 0 Å². The first kappa shape index (κ1) is 5.08. The average Bonchev–Trinajstić information content (AvgIpc) is 2.15. The summed E-state index contributed by atoms with van der Waals surface area (Å²) in [6.07, 6.45) is 0. The Kier molecular flexibility index (Phi) is 1.20. The Morgan fingerprint density at radius 2 is 2.38 bits per heavy atom. The van der Waals surface area contributed by atoms with Crippen molar-refractivity contribution in [3.8, 4) is 0 Å². The van der Waals surface area contributed by atoms with Gasteiger partial charge in [-0.15, -0.1) is 0 Å². The van der Waals surface area contributed by atoms with Crippen LogP contribution in [0.25, 0.3) is 9.65 Å². The molecule has 0 saturated heterocycles. The van der Waals surface area contributed by atoms with Gasteiger partial charge in [0.25, 0.3) is 0 Å². The maximum absolute atomic E-state index is 3.24. The number of hydrogen-bond acceptors (Lipinski definition) is 0. The first-order valence-corrected chi connectivity index (χ1v) is 5.98. The van der Waals surface area contributed by atoms with E-state index in [1.165, 1.54) is 5.39 Å². The molecule has 39 valence electrons. The summed E-state index contributed by atoms with van der Waals surface area (Å²) in [6, 6.07) is 2.13. The van der Waals surface area contributed by atoms with Gasteiger partial charge in [0.2, 0.25) is 0 Å². The molecule has 2 rings (SSSR count). The van der Waals surface area contributed by atoms with Gasteiger partial charge >= 0.3 is 59.5 Å². The van der Waals surface area contributed by atoms with Gasteiger partial charge in [-0.1, -0.05) is 0 Å². The van der Waals surface area contributed by atoms with Gasteiger partial charge in [-0.3, -0.25) is 0 Å². The van der Waals surface area contributed by atoms with Crippen molar-refractivity contribution in [2.24, 2.45) is 0 Å². The van der Waals surface area contributed by atoms with E-state index in [-0.39, 0.29) is 0 Å². The van der Waals surface area contributed by atoms with Crippen LogP contribution in [0.1, 0.15) is 0 Å². The zero-order valence-corrected chi connectivity index (χ0v) is 7.47. The van der Waals surface area contributed by atoms with Gasteiger partial charge < -0.3 is 0 Å². The van der Waals surface area contributed by atoms with Gasteiger partial charge in [-0.2, -0.15) is 0 Å². The van der Waals surface area contributed by atoms with Gasteiger partial charge in [0.05, 0.1) is 0 Å². The molecular weight excluding hydrogens is 230 g/mol. The minimum atomic E-state index is 0.573. The monoisotopic (exact) mass is 235 g/mol. The van der Waals surface area contributed by atoms with Crippen molar-refractivity contribution in [3.05, 3.63) is 20.9 Å². The zero-order valence-electron chi connectivity index (χ0n) is 4.05. The topological polar surface area (TPSA) is 0 Å². The molecule has 2 heterocycles. The third kappa shape index (κ3) is 0.655. The molecule has 0 bridgehead atoms. The SMILES string of the molecule is [c]1cc2c[se]cc2[se]1. The fourth-order valence-corrected chi connectivity index (χ4v) is 4.80. The molecule has 1 radical (unpaired) electrons. The van der Waals surface area contributed by atoms with Crippen LogP contribution in [0.15, 0.2) is 15.9 Å². The van der Waals surface area contributed by atoms with Crippen molar-refractivity contribution in [1.29, 1.82) is 0 Å². The van der Waals surface area contributed by atoms with Crippen molar-refractivity contribution in [2.45, 2.75) is 0 Å². The Bertz CT molecular complexity index is 228. The van der Waals surface area contributed by atoms with E-state index >= 15 is 0 Å². The summed E-state index contributed by atoms with van der Waals surface area (Å²) in [5.41, 5.74) is 0. The van der Waals surface area contributed by atoms with Crippen molar-refractivity contribution in [2.75, 3.05) is 0 Å². The molecule has 2 aromatic rings. The third-order valence-electron chi connectivity index (χ3n) is 1.04. The second kappa shape index (κ2) is 1.89. The van der Waals surface area contributed by atoms with E-state index in [1.807, 2.05) is 0 Å². The second-order valence-corrected chi connectivity index (χ2v) is 4.96. The van der Waals surface area contributed by atoms with Crippen LogP contribution in [0.5, 0.6) is 0 Å². The van der Waals surface area contributed by atoms with Gasteiger partial charge in [0, 0.05) is 0 Å². The molecule has 0 aliphatic heterocycles. The maximum atomic E-state index is 3.24. The van der Waals surface area contributed by atoms with Crippen molar-refractivity contribution in [3.63, 3.8) is 0 Å². The molecule has 0 N–H and O–H groups in total. The summed E-state index contributed by atoms with van der Waals surface area (Å²) in [5.74, 6) is 0. The molecule has 0 amide bonds. The summed E-state index contributed by atoms with van der Waals surface area (Å²) in [6.45, 7) is 0. The van der Waals surface area contributed by atoms with Crippen LogP contribution in [0.4, 0.5) is 0 Å². The fourth-order valence-electron chi connectivity index (χ4n) is 0.640. The molecular formula is C6H3Se2. The van der Waals surface area contributed by atoms with Gasteiger partial charge in [0.1, 0.15) is 0 Å². The van der Waals surface area contributed by atoms with Gasteiger partial charge in [-0.05, 0) is 0 Å². The van der Waals surface area contributed by atoms with Gasteiger partial charge in [-0.25, -0.2) is 0 Å². The molecule has 0 saturated carbocycles. The molecule has 0 aliphatic carbocycles. The van der Waals surface area contributed by atoms with E-state index in [0.717, 1.165) is 0 Å². The minimum absolute atomic E-state index is 0.573. The Labute approximate surface area is 59.6 Å². The molecule has 8 heavy (non-hydrogen) atoms. The van der Waals surface area contributed by atoms with Crippen LogP contribution in [-0.2, 0) is 0 Å². The molecule has 0 unspecified atom stereocenters. The van der Waals surface area contributed by atoms with Crippen LogP contribution >= 0.6 is 0 Å². The van der Waals surface area contributed by atoms with Crippen molar-refractivity contribution < 1.29 is 0 Å². The summed E-state index contributed by atoms with van der Waals surface area (Å²) in [7, 11) is 0. The number of hydrogen-bond donors (Lipinski definition) is 0. The van der Waals surface area contributed by atoms with E-state index in [1.54, 1.807) is 4.26 Å².